The van der Waals surface area contributed by atoms with Crippen molar-refractivity contribution in [1.29, 1.82) is 0 Å². The van der Waals surface area contributed by atoms with Crippen LogP contribution in [-0.2, 0) is 0 Å². The van der Waals surface area contributed by atoms with Crippen LogP contribution in [0.15, 0.2) is 18.3 Å². The fourth-order valence-corrected chi connectivity index (χ4v) is 0.978. The lowest BCUT2D eigenvalue weighted by atomic mass is 10.1. The van der Waals surface area contributed by atoms with E-state index in [-0.39, 0.29) is 0 Å². The van der Waals surface area contributed by atoms with E-state index < -0.39 is 5.60 Å². The van der Waals surface area contributed by atoms with Gasteiger partial charge in [-0.3, -0.25) is 0 Å². The number of hydrogen-bond donors (Lipinski definition) is 1. The molecule has 0 atom stereocenters. The second-order valence-corrected chi connectivity index (χ2v) is 4.11. The number of aliphatic hydroxyl groups is 1. The quantitative estimate of drug-likeness (QED) is 0.784. The van der Waals surface area contributed by atoms with Crippen molar-refractivity contribution in [3.8, 4) is 5.75 Å². The van der Waals surface area contributed by atoms with Crippen LogP contribution >= 0.6 is 11.6 Å². The SMILES string of the molecule is CC(C)(O)CCOc1ccc(Cl)nc1. The maximum Gasteiger partial charge on any atom is 0.137 e. The van der Waals surface area contributed by atoms with Crippen molar-refractivity contribution < 1.29 is 9.84 Å². The van der Waals surface area contributed by atoms with Crippen LogP contribution in [0.2, 0.25) is 5.15 Å². The monoisotopic (exact) mass is 215 g/mol. The van der Waals surface area contributed by atoms with E-state index in [1.54, 1.807) is 32.2 Å². The van der Waals surface area contributed by atoms with Crippen LogP contribution in [0.4, 0.5) is 0 Å². The predicted octanol–water partition coefficient (Wildman–Crippen LogP) is 2.27. The lowest BCUT2D eigenvalue weighted by Crippen LogP contribution is -2.21. The van der Waals surface area contributed by atoms with Crippen LogP contribution in [0.1, 0.15) is 20.3 Å². The third kappa shape index (κ3) is 4.44. The van der Waals surface area contributed by atoms with E-state index in [0.29, 0.717) is 23.9 Å². The molecule has 1 heterocycles. The Morgan fingerprint density at radius 2 is 2.21 bits per heavy atom. The summed E-state index contributed by atoms with van der Waals surface area (Å²) in [4.78, 5) is 3.87. The lowest BCUT2D eigenvalue weighted by molar-refractivity contribution is 0.0553. The molecule has 0 spiro atoms. The van der Waals surface area contributed by atoms with E-state index in [9.17, 15) is 5.11 Å². The normalized spacial score (nSPS) is 11.4. The van der Waals surface area contributed by atoms with Crippen LogP contribution in [0.25, 0.3) is 0 Å². The number of ether oxygens (including phenoxy) is 1. The zero-order valence-electron chi connectivity index (χ0n) is 8.33. The van der Waals surface area contributed by atoms with Gasteiger partial charge in [-0.05, 0) is 26.0 Å². The van der Waals surface area contributed by atoms with E-state index >= 15 is 0 Å². The van der Waals surface area contributed by atoms with E-state index in [4.69, 9.17) is 16.3 Å². The zero-order valence-corrected chi connectivity index (χ0v) is 9.08. The molecule has 0 radical (unpaired) electrons. The fraction of sp³-hybridized carbons (Fsp3) is 0.500. The summed E-state index contributed by atoms with van der Waals surface area (Å²) in [6, 6.07) is 3.42. The van der Waals surface area contributed by atoms with Gasteiger partial charge in [-0.1, -0.05) is 11.6 Å². The summed E-state index contributed by atoms with van der Waals surface area (Å²) in [5.74, 6) is 0.665. The third-order valence-electron chi connectivity index (χ3n) is 1.68. The maximum atomic E-state index is 9.42. The molecule has 0 aromatic carbocycles. The Hall–Kier alpha value is -0.800. The van der Waals surface area contributed by atoms with Gasteiger partial charge in [0, 0.05) is 6.42 Å². The second kappa shape index (κ2) is 4.62. The number of rotatable bonds is 4. The van der Waals surface area contributed by atoms with E-state index in [2.05, 4.69) is 4.98 Å². The van der Waals surface area contributed by atoms with Crippen LogP contribution < -0.4 is 4.74 Å². The first-order chi connectivity index (χ1) is 6.47. The summed E-state index contributed by atoms with van der Waals surface area (Å²) < 4.78 is 5.36. The molecule has 0 saturated carbocycles. The van der Waals surface area contributed by atoms with Gasteiger partial charge in [-0.2, -0.15) is 0 Å². The molecule has 0 amide bonds. The summed E-state index contributed by atoms with van der Waals surface area (Å²) in [5, 5.41) is 9.87. The molecule has 0 unspecified atom stereocenters. The molecule has 4 heteroatoms. The Bertz CT molecular complexity index is 279. The van der Waals surface area contributed by atoms with Gasteiger partial charge in [-0.25, -0.2) is 4.98 Å². The molecule has 0 saturated heterocycles. The highest BCUT2D eigenvalue weighted by Gasteiger charge is 2.11. The molecule has 1 aromatic rings. The van der Waals surface area contributed by atoms with E-state index in [1.165, 1.54) is 0 Å². The van der Waals surface area contributed by atoms with Gasteiger partial charge >= 0.3 is 0 Å². The standard InChI is InChI=1S/C10H14ClNO2/c1-10(2,13)5-6-14-8-3-4-9(11)12-7-8/h3-4,7,13H,5-6H2,1-2H3. The molecule has 1 aromatic heterocycles. The fourth-order valence-electron chi connectivity index (χ4n) is 0.866. The molecule has 14 heavy (non-hydrogen) atoms. The van der Waals surface area contributed by atoms with Crippen molar-refractivity contribution in [1.82, 2.24) is 4.98 Å². The molecule has 3 nitrogen and oxygen atoms in total. The molecule has 0 bridgehead atoms. The minimum atomic E-state index is -0.695. The Labute approximate surface area is 88.7 Å². The maximum absolute atomic E-state index is 9.42. The Morgan fingerprint density at radius 1 is 1.50 bits per heavy atom. The number of pyridine rings is 1. The second-order valence-electron chi connectivity index (χ2n) is 3.73. The largest absolute Gasteiger partial charge is 0.492 e. The third-order valence-corrected chi connectivity index (χ3v) is 1.91. The molecule has 0 aliphatic carbocycles. The minimum Gasteiger partial charge on any atom is -0.492 e. The predicted molar refractivity (Wildman–Crippen MR) is 55.7 cm³/mol. The van der Waals surface area contributed by atoms with Gasteiger partial charge in [0.1, 0.15) is 10.9 Å². The average Bonchev–Trinajstić information content (AvgIpc) is 2.06. The first kappa shape index (κ1) is 11.3. The van der Waals surface area contributed by atoms with Crippen LogP contribution in [-0.4, -0.2) is 22.3 Å². The van der Waals surface area contributed by atoms with Gasteiger partial charge in [0.25, 0.3) is 0 Å². The summed E-state index contributed by atoms with van der Waals surface area (Å²) >= 11 is 5.61. The first-order valence-electron chi connectivity index (χ1n) is 4.44. The molecule has 0 aliphatic heterocycles. The topological polar surface area (TPSA) is 42.4 Å². The highest BCUT2D eigenvalue weighted by Crippen LogP contribution is 2.14. The minimum absolute atomic E-state index is 0.444. The Morgan fingerprint density at radius 3 is 2.71 bits per heavy atom. The molecular weight excluding hydrogens is 202 g/mol. The van der Waals surface area contributed by atoms with Gasteiger partial charge < -0.3 is 9.84 Å². The molecule has 0 fully saturated rings. The highest BCUT2D eigenvalue weighted by atomic mass is 35.5. The molecule has 1 N–H and O–H groups in total. The van der Waals surface area contributed by atoms with Crippen molar-refractivity contribution in [3.05, 3.63) is 23.5 Å². The van der Waals surface area contributed by atoms with E-state index in [0.717, 1.165) is 0 Å². The number of hydrogen-bond acceptors (Lipinski definition) is 3. The van der Waals surface area contributed by atoms with Crippen molar-refractivity contribution in [3.63, 3.8) is 0 Å². The summed E-state index contributed by atoms with van der Waals surface area (Å²) in [7, 11) is 0. The number of halogens is 1. The average molecular weight is 216 g/mol. The van der Waals surface area contributed by atoms with Crippen LogP contribution in [0, 0.1) is 0 Å². The molecular formula is C10H14ClNO2. The molecule has 1 rings (SSSR count). The highest BCUT2D eigenvalue weighted by molar-refractivity contribution is 6.29. The van der Waals surface area contributed by atoms with Crippen molar-refractivity contribution in [2.24, 2.45) is 0 Å². The Kier molecular flexibility index (Phi) is 3.72. The molecule has 0 aliphatic rings. The Balaban J connectivity index is 2.35. The van der Waals surface area contributed by atoms with Crippen molar-refractivity contribution in [2.45, 2.75) is 25.9 Å². The smallest absolute Gasteiger partial charge is 0.137 e. The van der Waals surface area contributed by atoms with Gasteiger partial charge in [0.05, 0.1) is 18.4 Å². The van der Waals surface area contributed by atoms with Crippen LogP contribution in [0.5, 0.6) is 5.75 Å². The zero-order chi connectivity index (χ0) is 10.6. The van der Waals surface area contributed by atoms with Crippen LogP contribution in [0.3, 0.4) is 0 Å². The first-order valence-corrected chi connectivity index (χ1v) is 4.82. The van der Waals surface area contributed by atoms with Gasteiger partial charge in [0.15, 0.2) is 0 Å². The van der Waals surface area contributed by atoms with E-state index in [1.807, 2.05) is 0 Å². The summed E-state index contributed by atoms with van der Waals surface area (Å²) in [6.07, 6.45) is 2.14. The summed E-state index contributed by atoms with van der Waals surface area (Å²) in [6.45, 7) is 3.96. The van der Waals surface area contributed by atoms with Crippen molar-refractivity contribution >= 4 is 11.6 Å². The van der Waals surface area contributed by atoms with Gasteiger partial charge in [0.2, 0.25) is 0 Å². The van der Waals surface area contributed by atoms with Crippen molar-refractivity contribution in [2.75, 3.05) is 6.61 Å². The number of aromatic nitrogens is 1. The van der Waals surface area contributed by atoms with Gasteiger partial charge in [-0.15, -0.1) is 0 Å². The summed E-state index contributed by atoms with van der Waals surface area (Å²) in [5.41, 5.74) is -0.695. The lowest BCUT2D eigenvalue weighted by Gasteiger charge is -2.16. The molecule has 78 valence electrons. The number of nitrogens with zero attached hydrogens (tertiary/aromatic N) is 1.